The second-order valence-electron chi connectivity index (χ2n) is 7.54. The van der Waals surface area contributed by atoms with Gasteiger partial charge in [-0.3, -0.25) is 4.79 Å². The van der Waals surface area contributed by atoms with E-state index in [1.165, 1.54) is 11.3 Å². The van der Waals surface area contributed by atoms with Crippen LogP contribution in [0.4, 0.5) is 5.82 Å². The summed E-state index contributed by atoms with van der Waals surface area (Å²) in [5.41, 5.74) is 11.7. The highest BCUT2D eigenvalue weighted by Gasteiger charge is 2.24. The topological polar surface area (TPSA) is 102 Å². The van der Waals surface area contributed by atoms with Crippen LogP contribution in [0.3, 0.4) is 0 Å². The number of hydrogen-bond acceptors (Lipinski definition) is 8. The lowest BCUT2D eigenvalue weighted by molar-refractivity contribution is -0.139. The van der Waals surface area contributed by atoms with Crippen molar-refractivity contribution in [2.45, 2.75) is 18.9 Å². The molecule has 0 spiro atoms. The minimum Gasteiger partial charge on any atom is -0.465 e. The molecule has 176 valence electrons. The Hall–Kier alpha value is -3.38. The van der Waals surface area contributed by atoms with Crippen molar-refractivity contribution in [3.8, 4) is 39.0 Å². The maximum absolute atomic E-state index is 11.9. The summed E-state index contributed by atoms with van der Waals surface area (Å²) in [5.74, 6) is -0.143. The van der Waals surface area contributed by atoms with E-state index in [1.54, 1.807) is 19.1 Å². The number of anilines is 1. The predicted molar refractivity (Wildman–Crippen MR) is 142 cm³/mol. The van der Waals surface area contributed by atoms with Crippen LogP contribution in [0, 0.1) is 18.3 Å². The SMILES string of the molecule is CCOC(=O)CSc1nc(N)c(-c2nc(-c3ccc(C)cc3)cs2)c(-c2ccc(Cl)cc2)c1C#N. The Morgan fingerprint density at radius 3 is 2.46 bits per heavy atom. The molecule has 0 atom stereocenters. The van der Waals surface area contributed by atoms with Crippen LogP contribution >= 0.6 is 34.7 Å². The fraction of sp³-hybridized carbons (Fsp3) is 0.154. The Kier molecular flexibility index (Phi) is 7.71. The van der Waals surface area contributed by atoms with E-state index in [4.69, 9.17) is 27.1 Å². The Labute approximate surface area is 216 Å². The third-order valence-electron chi connectivity index (χ3n) is 5.13. The number of esters is 1. The number of ether oxygens (including phenoxy) is 1. The van der Waals surface area contributed by atoms with Crippen molar-refractivity contribution in [2.75, 3.05) is 18.1 Å². The molecule has 0 bridgehead atoms. The van der Waals surface area contributed by atoms with Crippen LogP contribution in [0.1, 0.15) is 18.1 Å². The summed E-state index contributed by atoms with van der Waals surface area (Å²) in [6.45, 7) is 4.06. The Bertz CT molecular complexity index is 1410. The van der Waals surface area contributed by atoms with Gasteiger partial charge in [-0.1, -0.05) is 65.3 Å². The first-order valence-corrected chi connectivity index (χ1v) is 13.0. The summed E-state index contributed by atoms with van der Waals surface area (Å²) in [6, 6.07) is 17.5. The van der Waals surface area contributed by atoms with E-state index in [0.717, 1.165) is 34.1 Å². The highest BCUT2D eigenvalue weighted by atomic mass is 35.5. The van der Waals surface area contributed by atoms with Crippen molar-refractivity contribution < 1.29 is 9.53 Å². The molecule has 2 heterocycles. The largest absolute Gasteiger partial charge is 0.465 e. The average molecular weight is 521 g/mol. The number of pyridine rings is 1. The van der Waals surface area contributed by atoms with Gasteiger partial charge in [0.2, 0.25) is 0 Å². The molecule has 0 unspecified atom stereocenters. The molecule has 35 heavy (non-hydrogen) atoms. The molecule has 0 radical (unpaired) electrons. The Morgan fingerprint density at radius 2 is 1.80 bits per heavy atom. The molecule has 2 aromatic carbocycles. The van der Waals surface area contributed by atoms with E-state index >= 15 is 0 Å². The van der Waals surface area contributed by atoms with Crippen LogP contribution in [-0.2, 0) is 9.53 Å². The van der Waals surface area contributed by atoms with Crippen molar-refractivity contribution in [2.24, 2.45) is 0 Å². The smallest absolute Gasteiger partial charge is 0.316 e. The first kappa shape index (κ1) is 24.7. The summed E-state index contributed by atoms with van der Waals surface area (Å²) < 4.78 is 5.02. The number of carbonyl (C=O) groups is 1. The van der Waals surface area contributed by atoms with Gasteiger partial charge in [-0.25, -0.2) is 9.97 Å². The van der Waals surface area contributed by atoms with Gasteiger partial charge in [-0.15, -0.1) is 11.3 Å². The maximum atomic E-state index is 11.9. The molecule has 9 heteroatoms. The first-order valence-electron chi connectivity index (χ1n) is 10.7. The van der Waals surface area contributed by atoms with E-state index < -0.39 is 0 Å². The molecule has 6 nitrogen and oxygen atoms in total. The molecule has 0 fully saturated rings. The number of carbonyl (C=O) groups excluding carboxylic acids is 1. The van der Waals surface area contributed by atoms with Gasteiger partial charge in [0.25, 0.3) is 0 Å². The molecular weight excluding hydrogens is 500 g/mol. The number of thiazole rings is 1. The number of aryl methyl sites for hydroxylation is 1. The van der Waals surface area contributed by atoms with Gasteiger partial charge in [-0.05, 0) is 31.5 Å². The van der Waals surface area contributed by atoms with Crippen molar-refractivity contribution >= 4 is 46.5 Å². The van der Waals surface area contributed by atoms with Crippen LogP contribution in [0.5, 0.6) is 0 Å². The Morgan fingerprint density at radius 1 is 1.11 bits per heavy atom. The molecule has 0 amide bonds. The molecule has 0 aliphatic carbocycles. The number of thioether (sulfide) groups is 1. The summed E-state index contributed by atoms with van der Waals surface area (Å²) in [6.07, 6.45) is 0. The third-order valence-corrected chi connectivity index (χ3v) is 7.19. The molecule has 0 aliphatic rings. The van der Waals surface area contributed by atoms with E-state index in [0.29, 0.717) is 31.7 Å². The minimum atomic E-state index is -0.387. The summed E-state index contributed by atoms with van der Waals surface area (Å²) >= 11 is 8.67. The van der Waals surface area contributed by atoms with E-state index in [1.807, 2.05) is 48.7 Å². The number of nitrogens with zero attached hydrogens (tertiary/aromatic N) is 3. The Balaban J connectivity index is 1.87. The minimum absolute atomic E-state index is 0.0171. The molecular formula is C26H21ClN4O2S2. The third kappa shape index (κ3) is 5.49. The number of nitrogens with two attached hydrogens (primary N) is 1. The van der Waals surface area contributed by atoms with E-state index in [-0.39, 0.29) is 24.1 Å². The van der Waals surface area contributed by atoms with Gasteiger partial charge in [0.15, 0.2) is 0 Å². The van der Waals surface area contributed by atoms with Crippen LogP contribution in [0.2, 0.25) is 5.02 Å². The summed E-state index contributed by atoms with van der Waals surface area (Å²) in [7, 11) is 0. The van der Waals surface area contributed by atoms with Crippen LogP contribution in [-0.4, -0.2) is 28.3 Å². The van der Waals surface area contributed by atoms with Crippen LogP contribution in [0.15, 0.2) is 58.9 Å². The van der Waals surface area contributed by atoms with Gasteiger partial charge >= 0.3 is 5.97 Å². The normalized spacial score (nSPS) is 10.7. The van der Waals surface area contributed by atoms with Gasteiger partial charge in [0, 0.05) is 21.5 Å². The standard InChI is InChI=1S/C26H21ClN4O2S2/c1-3-33-21(32)14-35-25-19(12-28)22(17-8-10-18(27)11-9-17)23(24(29)31-25)26-30-20(13-34-26)16-6-4-15(2)5-7-16/h4-11,13H,3,14H2,1-2H3,(H2,29,31). The number of aromatic nitrogens is 2. The zero-order valence-corrected chi connectivity index (χ0v) is 21.4. The molecule has 2 aromatic heterocycles. The fourth-order valence-electron chi connectivity index (χ4n) is 3.49. The van der Waals surface area contributed by atoms with Gasteiger partial charge in [0.1, 0.15) is 21.9 Å². The molecule has 0 saturated heterocycles. The molecule has 0 aliphatic heterocycles. The zero-order chi connectivity index (χ0) is 24.9. The number of hydrogen-bond donors (Lipinski definition) is 1. The van der Waals surface area contributed by atoms with Crippen LogP contribution in [0.25, 0.3) is 33.0 Å². The van der Waals surface area contributed by atoms with Crippen molar-refractivity contribution in [1.82, 2.24) is 9.97 Å². The molecule has 4 rings (SSSR count). The lowest BCUT2D eigenvalue weighted by Crippen LogP contribution is -2.08. The average Bonchev–Trinajstić information content (AvgIpc) is 3.33. The number of rotatable bonds is 7. The van der Waals surface area contributed by atoms with Gasteiger partial charge < -0.3 is 10.5 Å². The monoisotopic (exact) mass is 520 g/mol. The molecule has 4 aromatic rings. The van der Waals surface area contributed by atoms with Gasteiger partial charge in [-0.2, -0.15) is 5.26 Å². The van der Waals surface area contributed by atoms with Crippen molar-refractivity contribution in [3.63, 3.8) is 0 Å². The molecule has 0 saturated carbocycles. The van der Waals surface area contributed by atoms with Gasteiger partial charge in [0.05, 0.1) is 29.2 Å². The first-order chi connectivity index (χ1) is 16.9. The summed E-state index contributed by atoms with van der Waals surface area (Å²) in [5, 5.41) is 13.7. The second-order valence-corrected chi connectivity index (χ2v) is 9.80. The van der Waals surface area contributed by atoms with Crippen molar-refractivity contribution in [1.29, 1.82) is 5.26 Å². The van der Waals surface area contributed by atoms with E-state index in [2.05, 4.69) is 11.1 Å². The highest BCUT2D eigenvalue weighted by Crippen LogP contribution is 2.43. The lowest BCUT2D eigenvalue weighted by atomic mass is 9.96. The number of halogens is 1. The highest BCUT2D eigenvalue weighted by molar-refractivity contribution is 7.99. The summed E-state index contributed by atoms with van der Waals surface area (Å²) in [4.78, 5) is 21.3. The van der Waals surface area contributed by atoms with Crippen LogP contribution < -0.4 is 5.73 Å². The maximum Gasteiger partial charge on any atom is 0.316 e. The predicted octanol–water partition coefficient (Wildman–Crippen LogP) is 6.61. The molecule has 2 N–H and O–H groups in total. The quantitative estimate of drug-likeness (QED) is 0.216. The van der Waals surface area contributed by atoms with E-state index in [9.17, 15) is 10.1 Å². The van der Waals surface area contributed by atoms with Crippen molar-refractivity contribution in [3.05, 3.63) is 70.1 Å². The lowest BCUT2D eigenvalue weighted by Gasteiger charge is -2.15. The fourth-order valence-corrected chi connectivity index (χ4v) is 5.29. The number of nitrogen functional groups attached to an aromatic ring is 1. The number of nitriles is 1. The second kappa shape index (κ2) is 10.9. The zero-order valence-electron chi connectivity index (χ0n) is 19.0. The number of benzene rings is 2.